The third kappa shape index (κ3) is 4.34. The molecule has 2 aromatic carbocycles. The number of rotatable bonds is 5. The highest BCUT2D eigenvalue weighted by Crippen LogP contribution is 2.26. The van der Waals surface area contributed by atoms with E-state index in [-0.39, 0.29) is 5.56 Å². The Morgan fingerprint density at radius 3 is 2.38 bits per heavy atom. The number of ether oxygens (including phenoxy) is 1. The zero-order valence-corrected chi connectivity index (χ0v) is 12.3. The fourth-order valence-electron chi connectivity index (χ4n) is 1.71. The molecule has 21 heavy (non-hydrogen) atoms. The number of benzene rings is 2. The zero-order chi connectivity index (χ0) is 15.2. The number of carbonyl (C=O) groups excluding carboxylic acids is 1. The molecule has 2 rings (SSSR count). The number of halogens is 3. The molecule has 0 unspecified atom stereocenters. The summed E-state index contributed by atoms with van der Waals surface area (Å²) in [5.74, 6) is -0.379. The van der Waals surface area contributed by atoms with Crippen LogP contribution in [0.1, 0.15) is 15.9 Å². The van der Waals surface area contributed by atoms with Gasteiger partial charge in [-0.3, -0.25) is 0 Å². The first-order valence-corrected chi connectivity index (χ1v) is 6.85. The molecule has 0 aromatic heterocycles. The van der Waals surface area contributed by atoms with Crippen LogP contribution in [-0.2, 0) is 11.4 Å². The van der Waals surface area contributed by atoms with Crippen LogP contribution in [0.3, 0.4) is 0 Å². The van der Waals surface area contributed by atoms with Gasteiger partial charge in [0, 0.05) is 17.0 Å². The summed E-state index contributed by atoms with van der Waals surface area (Å²) in [4.78, 5) is 14.1. The summed E-state index contributed by atoms with van der Waals surface area (Å²) in [6, 6.07) is 11.5. The Labute approximate surface area is 131 Å². The predicted octanol–water partition coefficient (Wildman–Crippen LogP) is 4.66. The maximum atomic E-state index is 11.7. The third-order valence-corrected chi connectivity index (χ3v) is 3.55. The van der Waals surface area contributed by atoms with Gasteiger partial charge in [-0.25, -0.2) is 9.74 Å². The van der Waals surface area contributed by atoms with Crippen molar-refractivity contribution in [1.82, 2.24) is 0 Å². The van der Waals surface area contributed by atoms with Gasteiger partial charge in [-0.1, -0.05) is 35.3 Å². The zero-order valence-electron chi connectivity index (χ0n) is 10.8. The van der Waals surface area contributed by atoms with E-state index in [4.69, 9.17) is 27.9 Å². The smallest absolute Gasteiger partial charge is 0.379 e. The van der Waals surface area contributed by atoms with Gasteiger partial charge in [0.05, 0.1) is 22.2 Å². The molecular weight excluding hydrogens is 318 g/mol. The Balaban J connectivity index is 1.88. The molecule has 0 saturated heterocycles. The Kier molecular flexibility index (Phi) is 5.42. The molecule has 0 atom stereocenters. The normalized spacial score (nSPS) is 10.2. The van der Waals surface area contributed by atoms with Crippen molar-refractivity contribution in [2.75, 3.05) is 6.61 Å². The minimum Gasteiger partial charge on any atom is -0.493 e. The van der Waals surface area contributed by atoms with Gasteiger partial charge in [-0.2, -0.15) is 0 Å². The van der Waals surface area contributed by atoms with Crippen LogP contribution in [0.25, 0.3) is 0 Å². The molecule has 0 saturated carbocycles. The molecule has 0 radical (unpaired) electrons. The van der Waals surface area contributed by atoms with Crippen molar-refractivity contribution < 1.29 is 19.0 Å². The van der Waals surface area contributed by atoms with E-state index in [1.54, 1.807) is 30.3 Å². The van der Waals surface area contributed by atoms with Gasteiger partial charge in [-0.15, -0.1) is 0 Å². The monoisotopic (exact) mass is 328 g/mol. The molecule has 0 bridgehead atoms. The lowest BCUT2D eigenvalue weighted by Gasteiger charge is -2.07. The summed E-state index contributed by atoms with van der Waals surface area (Å²) in [6.45, 7) is 0.435. The molecule has 110 valence electrons. The van der Waals surface area contributed by atoms with E-state index < -0.39 is 5.97 Å². The molecule has 0 aliphatic heterocycles. The number of hydrogen-bond donors (Lipinski definition) is 0. The van der Waals surface area contributed by atoms with E-state index in [1.165, 1.54) is 12.1 Å². The van der Waals surface area contributed by atoms with E-state index in [2.05, 4.69) is 4.94 Å². The Bertz CT molecular complexity index is 629. The minimum atomic E-state index is -1.01. The third-order valence-electron chi connectivity index (χ3n) is 2.81. The van der Waals surface area contributed by atoms with Gasteiger partial charge in [0.25, 0.3) is 0 Å². The van der Waals surface area contributed by atoms with Crippen LogP contribution in [0.4, 0.5) is 4.53 Å². The van der Waals surface area contributed by atoms with Crippen LogP contribution in [0.15, 0.2) is 42.5 Å². The molecule has 0 heterocycles. The second-order valence-corrected chi connectivity index (χ2v) is 5.05. The van der Waals surface area contributed by atoms with E-state index in [0.29, 0.717) is 28.8 Å². The van der Waals surface area contributed by atoms with Gasteiger partial charge in [-0.05, 0) is 29.8 Å². The van der Waals surface area contributed by atoms with Crippen molar-refractivity contribution >= 4 is 29.2 Å². The minimum absolute atomic E-state index is 0.159. The molecule has 0 N–H and O–H groups in total. The second-order valence-electron chi connectivity index (χ2n) is 4.24. The maximum Gasteiger partial charge on any atom is 0.379 e. The summed E-state index contributed by atoms with van der Waals surface area (Å²) < 4.78 is 17.3. The standard InChI is InChI=1S/C15H11Cl2FO3/c16-13-6-5-12(9-14(13)17)20-8-7-10-1-3-11(4-2-10)15(19)21-18/h1-6,9H,7-8H2. The quantitative estimate of drug-likeness (QED) is 0.800. The van der Waals surface area contributed by atoms with Crippen molar-refractivity contribution in [3.05, 3.63) is 63.6 Å². The maximum absolute atomic E-state index is 11.7. The molecule has 0 aliphatic carbocycles. The first kappa shape index (κ1) is 15.6. The molecule has 0 spiro atoms. The van der Waals surface area contributed by atoms with Crippen molar-refractivity contribution in [2.24, 2.45) is 0 Å². The van der Waals surface area contributed by atoms with Crippen LogP contribution in [-0.4, -0.2) is 12.6 Å². The summed E-state index contributed by atoms with van der Waals surface area (Å²) in [5.41, 5.74) is 1.11. The SMILES string of the molecule is O=C(OF)c1ccc(CCOc2ccc(Cl)c(Cl)c2)cc1. The van der Waals surface area contributed by atoms with Crippen molar-refractivity contribution in [3.63, 3.8) is 0 Å². The Morgan fingerprint density at radius 1 is 1.05 bits per heavy atom. The van der Waals surface area contributed by atoms with Crippen LogP contribution in [0, 0.1) is 0 Å². The first-order chi connectivity index (χ1) is 10.1. The predicted molar refractivity (Wildman–Crippen MR) is 78.6 cm³/mol. The lowest BCUT2D eigenvalue weighted by molar-refractivity contribution is -0.0788. The average molecular weight is 329 g/mol. The van der Waals surface area contributed by atoms with Gasteiger partial charge >= 0.3 is 5.97 Å². The first-order valence-electron chi connectivity index (χ1n) is 6.10. The van der Waals surface area contributed by atoms with Crippen molar-refractivity contribution in [1.29, 1.82) is 0 Å². The van der Waals surface area contributed by atoms with Gasteiger partial charge in [0.1, 0.15) is 5.75 Å². The largest absolute Gasteiger partial charge is 0.493 e. The van der Waals surface area contributed by atoms with Crippen molar-refractivity contribution in [2.45, 2.75) is 6.42 Å². The lowest BCUT2D eigenvalue weighted by atomic mass is 10.1. The lowest BCUT2D eigenvalue weighted by Crippen LogP contribution is -2.03. The average Bonchev–Trinajstić information content (AvgIpc) is 2.51. The second kappa shape index (κ2) is 7.29. The highest BCUT2D eigenvalue weighted by atomic mass is 35.5. The summed E-state index contributed by atoms with van der Waals surface area (Å²) >= 11 is 11.7. The highest BCUT2D eigenvalue weighted by Gasteiger charge is 2.07. The molecule has 0 amide bonds. The molecule has 6 heteroatoms. The van der Waals surface area contributed by atoms with Crippen LogP contribution in [0.5, 0.6) is 5.75 Å². The molecular formula is C15H11Cl2FO3. The van der Waals surface area contributed by atoms with E-state index >= 15 is 0 Å². The van der Waals surface area contributed by atoms with Crippen LogP contribution >= 0.6 is 23.2 Å². The fraction of sp³-hybridized carbons (Fsp3) is 0.133. The summed E-state index contributed by atoms with van der Waals surface area (Å²) in [7, 11) is 0. The molecule has 0 aliphatic rings. The number of hydrogen-bond acceptors (Lipinski definition) is 3. The van der Waals surface area contributed by atoms with Crippen LogP contribution < -0.4 is 4.74 Å². The molecule has 3 nitrogen and oxygen atoms in total. The molecule has 2 aromatic rings. The van der Waals surface area contributed by atoms with E-state index in [1.807, 2.05) is 0 Å². The number of carbonyl (C=O) groups is 1. The van der Waals surface area contributed by atoms with Crippen molar-refractivity contribution in [3.8, 4) is 5.75 Å². The van der Waals surface area contributed by atoms with Gasteiger partial charge < -0.3 is 4.74 Å². The summed E-state index contributed by atoms with van der Waals surface area (Å²) in [6.07, 6.45) is 0.630. The fourth-order valence-corrected chi connectivity index (χ4v) is 1.99. The topological polar surface area (TPSA) is 35.5 Å². The van der Waals surface area contributed by atoms with E-state index in [9.17, 15) is 9.32 Å². The highest BCUT2D eigenvalue weighted by molar-refractivity contribution is 6.42. The summed E-state index contributed by atoms with van der Waals surface area (Å²) in [5, 5.41) is 0.905. The van der Waals surface area contributed by atoms with Gasteiger partial charge in [0.15, 0.2) is 0 Å². The van der Waals surface area contributed by atoms with Crippen LogP contribution in [0.2, 0.25) is 10.0 Å². The Hall–Kier alpha value is -1.78. The molecule has 0 fully saturated rings. The van der Waals surface area contributed by atoms with Gasteiger partial charge in [0.2, 0.25) is 0 Å². The van der Waals surface area contributed by atoms with E-state index in [0.717, 1.165) is 5.56 Å². The Morgan fingerprint density at radius 2 is 1.76 bits per heavy atom.